The Balaban J connectivity index is 1.48. The van der Waals surface area contributed by atoms with Crippen molar-refractivity contribution in [2.75, 3.05) is 11.9 Å². The first-order valence-electron chi connectivity index (χ1n) is 10.00. The zero-order chi connectivity index (χ0) is 21.8. The lowest BCUT2D eigenvalue weighted by Crippen LogP contribution is -2.31. The Morgan fingerprint density at radius 2 is 1.87 bits per heavy atom. The van der Waals surface area contributed by atoms with E-state index in [9.17, 15) is 9.59 Å². The molecule has 7 nitrogen and oxygen atoms in total. The van der Waals surface area contributed by atoms with Crippen LogP contribution in [0.2, 0.25) is 0 Å². The molecule has 0 saturated heterocycles. The molecule has 1 N–H and O–H groups in total. The van der Waals surface area contributed by atoms with Gasteiger partial charge in [0.15, 0.2) is 6.61 Å². The van der Waals surface area contributed by atoms with Gasteiger partial charge in [-0.05, 0) is 48.9 Å². The van der Waals surface area contributed by atoms with Crippen molar-refractivity contribution in [1.29, 1.82) is 0 Å². The predicted molar refractivity (Wildman–Crippen MR) is 117 cm³/mol. The van der Waals surface area contributed by atoms with E-state index in [1.54, 1.807) is 36.6 Å². The summed E-state index contributed by atoms with van der Waals surface area (Å²) in [6.07, 6.45) is 2.16. The van der Waals surface area contributed by atoms with Gasteiger partial charge in [0.1, 0.15) is 17.6 Å². The fraction of sp³-hybridized carbons (Fsp3) is 0.208. The molecule has 3 aromatic rings. The van der Waals surface area contributed by atoms with E-state index in [1.807, 2.05) is 37.3 Å². The van der Waals surface area contributed by atoms with Crippen LogP contribution in [0.15, 0.2) is 76.4 Å². The van der Waals surface area contributed by atoms with Crippen molar-refractivity contribution in [3.05, 3.63) is 83.8 Å². The molecule has 2 heterocycles. The maximum Gasteiger partial charge on any atom is 0.281 e. The minimum absolute atomic E-state index is 0.149. The monoisotopic (exact) mass is 417 g/mol. The number of benzene rings is 2. The molecule has 7 heteroatoms. The fourth-order valence-electron chi connectivity index (χ4n) is 3.41. The van der Waals surface area contributed by atoms with E-state index >= 15 is 0 Å². The Hall–Kier alpha value is -3.87. The molecule has 1 atom stereocenters. The van der Waals surface area contributed by atoms with E-state index in [4.69, 9.17) is 9.15 Å². The summed E-state index contributed by atoms with van der Waals surface area (Å²) in [6, 6.07) is 18.2. The summed E-state index contributed by atoms with van der Waals surface area (Å²) >= 11 is 0. The molecule has 2 aromatic carbocycles. The minimum atomic E-state index is -0.315. The van der Waals surface area contributed by atoms with Crippen LogP contribution in [-0.4, -0.2) is 29.1 Å². The van der Waals surface area contributed by atoms with E-state index < -0.39 is 0 Å². The number of carbonyl (C=O) groups excluding carboxylic acids is 2. The van der Waals surface area contributed by atoms with Crippen LogP contribution < -0.4 is 10.1 Å². The van der Waals surface area contributed by atoms with Gasteiger partial charge in [0.05, 0.1) is 12.0 Å². The van der Waals surface area contributed by atoms with Gasteiger partial charge in [-0.15, -0.1) is 0 Å². The van der Waals surface area contributed by atoms with Crippen LogP contribution in [0.4, 0.5) is 5.69 Å². The van der Waals surface area contributed by atoms with E-state index in [2.05, 4.69) is 10.4 Å². The number of hydrogen-bond acceptors (Lipinski definition) is 5. The number of furan rings is 1. The molecule has 2 amide bonds. The van der Waals surface area contributed by atoms with Crippen LogP contribution in [0, 0.1) is 6.92 Å². The molecule has 158 valence electrons. The van der Waals surface area contributed by atoms with Crippen LogP contribution in [-0.2, 0) is 9.59 Å². The molecule has 0 saturated carbocycles. The molecule has 0 fully saturated rings. The third kappa shape index (κ3) is 4.83. The van der Waals surface area contributed by atoms with Crippen LogP contribution in [0.25, 0.3) is 0 Å². The van der Waals surface area contributed by atoms with Gasteiger partial charge >= 0.3 is 0 Å². The van der Waals surface area contributed by atoms with E-state index in [-0.39, 0.29) is 24.5 Å². The van der Waals surface area contributed by atoms with Crippen molar-refractivity contribution in [3.63, 3.8) is 0 Å². The van der Waals surface area contributed by atoms with E-state index in [1.165, 1.54) is 11.9 Å². The second-order valence-electron chi connectivity index (χ2n) is 7.38. The lowest BCUT2D eigenvalue weighted by atomic mass is 10.0. The number of aryl methyl sites for hydroxylation is 1. The Morgan fingerprint density at radius 3 is 2.52 bits per heavy atom. The minimum Gasteiger partial charge on any atom is -0.484 e. The first-order valence-corrected chi connectivity index (χ1v) is 10.00. The highest BCUT2D eigenvalue weighted by Crippen LogP contribution is 2.33. The standard InChI is InChI=1S/C24H23N3O4/c1-16-5-7-18(8-6-16)21-14-22(23-4-3-13-30-23)27(26-21)24(29)15-31-20-11-9-19(10-12-20)25-17(2)28/h3-13,22H,14-15H2,1-2H3,(H,25,28). The number of hydrogen-bond donors (Lipinski definition) is 1. The van der Waals surface area contributed by atoms with Gasteiger partial charge in [0.25, 0.3) is 5.91 Å². The molecule has 0 aliphatic carbocycles. The SMILES string of the molecule is CC(=O)Nc1ccc(OCC(=O)N2N=C(c3ccc(C)cc3)CC2c2ccco2)cc1. The maximum absolute atomic E-state index is 13.0. The lowest BCUT2D eigenvalue weighted by molar-refractivity contribution is -0.135. The molecule has 0 bridgehead atoms. The Labute approximate surface area is 180 Å². The smallest absolute Gasteiger partial charge is 0.281 e. The van der Waals surface area contributed by atoms with Gasteiger partial charge in [0, 0.05) is 19.0 Å². The number of nitrogens with one attached hydrogen (secondary N) is 1. The lowest BCUT2D eigenvalue weighted by Gasteiger charge is -2.20. The first-order chi connectivity index (χ1) is 15.0. The zero-order valence-electron chi connectivity index (χ0n) is 17.4. The third-order valence-electron chi connectivity index (χ3n) is 4.96. The average Bonchev–Trinajstić information content (AvgIpc) is 3.43. The van der Waals surface area contributed by atoms with Crippen molar-refractivity contribution < 1.29 is 18.7 Å². The van der Waals surface area contributed by atoms with Crippen LogP contribution in [0.5, 0.6) is 5.75 Å². The van der Waals surface area contributed by atoms with Crippen molar-refractivity contribution in [2.45, 2.75) is 26.3 Å². The molecule has 0 radical (unpaired) electrons. The summed E-state index contributed by atoms with van der Waals surface area (Å²) in [6.45, 7) is 3.31. The molecular formula is C24H23N3O4. The third-order valence-corrected chi connectivity index (χ3v) is 4.96. The van der Waals surface area contributed by atoms with Gasteiger partial charge in [-0.3, -0.25) is 9.59 Å². The summed E-state index contributed by atoms with van der Waals surface area (Å²) in [7, 11) is 0. The topological polar surface area (TPSA) is 84.1 Å². The molecule has 0 spiro atoms. The highest BCUT2D eigenvalue weighted by Gasteiger charge is 2.35. The predicted octanol–water partition coefficient (Wildman–Crippen LogP) is 4.30. The summed E-state index contributed by atoms with van der Waals surface area (Å²) in [4.78, 5) is 24.1. The number of carbonyl (C=O) groups is 2. The fourth-order valence-corrected chi connectivity index (χ4v) is 3.41. The van der Waals surface area contributed by atoms with Crippen molar-refractivity contribution >= 4 is 23.2 Å². The normalized spacial score (nSPS) is 15.5. The highest BCUT2D eigenvalue weighted by atomic mass is 16.5. The number of nitrogens with zero attached hydrogens (tertiary/aromatic N) is 2. The molecule has 31 heavy (non-hydrogen) atoms. The molecule has 1 aromatic heterocycles. The number of rotatable bonds is 6. The largest absolute Gasteiger partial charge is 0.484 e. The maximum atomic E-state index is 13.0. The van der Waals surface area contributed by atoms with Gasteiger partial charge in [0.2, 0.25) is 5.91 Å². The molecular weight excluding hydrogens is 394 g/mol. The van der Waals surface area contributed by atoms with Gasteiger partial charge in [-0.2, -0.15) is 5.10 Å². The number of anilines is 1. The summed E-state index contributed by atoms with van der Waals surface area (Å²) in [5.74, 6) is 0.788. The van der Waals surface area contributed by atoms with Gasteiger partial charge in [-0.1, -0.05) is 29.8 Å². The van der Waals surface area contributed by atoms with E-state index in [0.29, 0.717) is 23.6 Å². The molecule has 1 unspecified atom stereocenters. The van der Waals surface area contributed by atoms with Crippen LogP contribution in [0.1, 0.15) is 36.3 Å². The number of ether oxygens (including phenoxy) is 1. The van der Waals surface area contributed by atoms with Crippen LogP contribution >= 0.6 is 0 Å². The Bertz CT molecular complexity index is 1090. The highest BCUT2D eigenvalue weighted by molar-refractivity contribution is 6.03. The Morgan fingerprint density at radius 1 is 1.13 bits per heavy atom. The summed E-state index contributed by atoms with van der Waals surface area (Å²) < 4.78 is 11.2. The number of hydrazone groups is 1. The first kappa shape index (κ1) is 20.4. The van der Waals surface area contributed by atoms with E-state index in [0.717, 1.165) is 16.8 Å². The van der Waals surface area contributed by atoms with Crippen molar-refractivity contribution in [2.24, 2.45) is 5.10 Å². The summed E-state index contributed by atoms with van der Waals surface area (Å²) in [5, 5.41) is 8.73. The molecule has 1 aliphatic rings. The number of amides is 2. The van der Waals surface area contributed by atoms with Gasteiger partial charge in [-0.25, -0.2) is 5.01 Å². The average molecular weight is 417 g/mol. The zero-order valence-corrected chi connectivity index (χ0v) is 17.4. The van der Waals surface area contributed by atoms with Crippen molar-refractivity contribution in [3.8, 4) is 5.75 Å². The Kier molecular flexibility index (Phi) is 5.84. The van der Waals surface area contributed by atoms with Crippen LogP contribution in [0.3, 0.4) is 0 Å². The quantitative estimate of drug-likeness (QED) is 0.648. The summed E-state index contributed by atoms with van der Waals surface area (Å²) in [5.41, 5.74) is 3.63. The molecule has 1 aliphatic heterocycles. The van der Waals surface area contributed by atoms with Gasteiger partial charge < -0.3 is 14.5 Å². The second kappa shape index (κ2) is 8.87. The van der Waals surface area contributed by atoms with Crippen molar-refractivity contribution in [1.82, 2.24) is 5.01 Å². The molecule has 4 rings (SSSR count). The second-order valence-corrected chi connectivity index (χ2v) is 7.38.